The van der Waals surface area contributed by atoms with Gasteiger partial charge in [-0.1, -0.05) is 55.1 Å². The van der Waals surface area contributed by atoms with Crippen LogP contribution in [0.3, 0.4) is 0 Å². The van der Waals surface area contributed by atoms with E-state index >= 15 is 0 Å². The van der Waals surface area contributed by atoms with Crippen LogP contribution in [0.1, 0.15) is 32.1 Å². The molecule has 1 aliphatic heterocycles. The number of carbonyl (C=O) groups excluding carboxylic acids is 1. The summed E-state index contributed by atoms with van der Waals surface area (Å²) in [6.07, 6.45) is 3.43. The molecule has 0 spiro atoms. The fourth-order valence-electron chi connectivity index (χ4n) is 3.63. The number of carbonyl (C=O) groups is 1. The van der Waals surface area contributed by atoms with Crippen LogP contribution in [0.2, 0.25) is 0 Å². The summed E-state index contributed by atoms with van der Waals surface area (Å²) in [5.74, 6) is 0.905. The van der Waals surface area contributed by atoms with Gasteiger partial charge in [0.05, 0.1) is 18.1 Å². The van der Waals surface area contributed by atoms with E-state index < -0.39 is 0 Å². The molecule has 0 amide bonds. The molecular weight excluding hydrogens is 416 g/mol. The van der Waals surface area contributed by atoms with Gasteiger partial charge in [-0.05, 0) is 30.7 Å². The Morgan fingerprint density at radius 2 is 2.10 bits per heavy atom. The maximum absolute atomic E-state index is 13.0. The van der Waals surface area contributed by atoms with Gasteiger partial charge in [-0.2, -0.15) is 0 Å². The molecule has 1 N–H and O–H groups in total. The molecule has 8 heteroatoms. The van der Waals surface area contributed by atoms with Gasteiger partial charge in [0.1, 0.15) is 5.76 Å². The van der Waals surface area contributed by atoms with E-state index in [1.165, 1.54) is 28.7 Å². The van der Waals surface area contributed by atoms with Gasteiger partial charge in [0, 0.05) is 29.9 Å². The third-order valence-electron chi connectivity index (χ3n) is 5.30. The number of fused-ring (bicyclic) bond motifs is 1. The molecule has 6 nitrogen and oxygen atoms in total. The first-order chi connectivity index (χ1) is 14.4. The van der Waals surface area contributed by atoms with Crippen LogP contribution in [0.5, 0.6) is 0 Å². The van der Waals surface area contributed by atoms with Crippen LogP contribution < -0.4 is 10.2 Å². The van der Waals surface area contributed by atoms with E-state index in [0.29, 0.717) is 11.7 Å². The number of rotatable bonds is 7. The number of allylic oxidation sites excluding steroid dienone is 2. The van der Waals surface area contributed by atoms with Gasteiger partial charge in [-0.3, -0.25) is 4.79 Å². The lowest BCUT2D eigenvalue weighted by Gasteiger charge is -2.24. The maximum atomic E-state index is 13.0. The fourth-order valence-corrected chi connectivity index (χ4v) is 5.53. The first-order valence-electron chi connectivity index (χ1n) is 9.72. The Labute approximate surface area is 184 Å². The van der Waals surface area contributed by atoms with Gasteiger partial charge in [0.15, 0.2) is 10.1 Å². The van der Waals surface area contributed by atoms with Crippen LogP contribution in [0, 0.1) is 0 Å². The molecule has 1 aliphatic rings. The minimum Gasteiger partial charge on any atom is -0.467 e. The number of aromatic nitrogens is 2. The SMILES string of the molecule is CC(Sc1nnc(NCc2ccco2)s1)C(=O)/C=C1/N(C)c2ccccc2C1(C)C. The van der Waals surface area contributed by atoms with E-state index in [2.05, 4.69) is 46.4 Å². The second kappa shape index (κ2) is 8.28. The second-order valence-corrected chi connectivity index (χ2v) is 10.3. The molecule has 0 saturated heterocycles. The smallest absolute Gasteiger partial charge is 0.206 e. The van der Waals surface area contributed by atoms with Crippen molar-refractivity contribution in [2.45, 2.75) is 42.3 Å². The molecule has 1 aromatic carbocycles. The summed E-state index contributed by atoms with van der Waals surface area (Å²) in [7, 11) is 2.02. The van der Waals surface area contributed by atoms with Crippen molar-refractivity contribution in [2.24, 2.45) is 0 Å². The number of anilines is 2. The van der Waals surface area contributed by atoms with Crippen LogP contribution in [0.15, 0.2) is 63.2 Å². The molecule has 0 saturated carbocycles. The number of para-hydroxylation sites is 1. The van der Waals surface area contributed by atoms with Gasteiger partial charge in [-0.15, -0.1) is 10.2 Å². The van der Waals surface area contributed by atoms with Gasteiger partial charge < -0.3 is 14.6 Å². The number of ketones is 1. The van der Waals surface area contributed by atoms with Gasteiger partial charge in [0.25, 0.3) is 0 Å². The molecule has 30 heavy (non-hydrogen) atoms. The van der Waals surface area contributed by atoms with E-state index in [-0.39, 0.29) is 16.4 Å². The molecule has 3 heterocycles. The predicted molar refractivity (Wildman–Crippen MR) is 122 cm³/mol. The summed E-state index contributed by atoms with van der Waals surface area (Å²) in [6, 6.07) is 12.1. The number of hydrogen-bond acceptors (Lipinski definition) is 8. The van der Waals surface area contributed by atoms with Crippen LogP contribution >= 0.6 is 23.1 Å². The zero-order valence-electron chi connectivity index (χ0n) is 17.4. The molecule has 0 radical (unpaired) electrons. The first-order valence-corrected chi connectivity index (χ1v) is 11.4. The standard InChI is InChI=1S/C22H24N4O2S2/c1-14(29-21-25-24-20(30-21)23-13-15-8-7-11-28-15)18(27)12-19-22(2,3)16-9-5-6-10-17(16)26(19)4/h5-12,14H,13H2,1-4H3,(H,23,24)/b19-12+. The number of likely N-dealkylation sites (N-methyl/N-ethyl adjacent to an activating group) is 1. The molecule has 4 rings (SSSR count). The Morgan fingerprint density at radius 1 is 1.30 bits per heavy atom. The Hall–Kier alpha value is -2.58. The topological polar surface area (TPSA) is 71.3 Å². The summed E-state index contributed by atoms with van der Waals surface area (Å²) in [4.78, 5) is 15.1. The molecule has 2 aromatic heterocycles. The number of nitrogens with one attached hydrogen (secondary N) is 1. The number of benzene rings is 1. The van der Waals surface area contributed by atoms with E-state index in [1.54, 1.807) is 12.3 Å². The lowest BCUT2D eigenvalue weighted by molar-refractivity contribution is -0.113. The third-order valence-corrected chi connectivity index (χ3v) is 7.38. The van der Waals surface area contributed by atoms with Crippen LogP contribution in [-0.4, -0.2) is 28.3 Å². The predicted octanol–water partition coefficient (Wildman–Crippen LogP) is 5.10. The molecule has 0 fully saturated rings. The minimum absolute atomic E-state index is 0.0722. The Kier molecular flexibility index (Phi) is 5.71. The van der Waals surface area contributed by atoms with Crippen molar-refractivity contribution < 1.29 is 9.21 Å². The van der Waals surface area contributed by atoms with Crippen molar-refractivity contribution in [3.05, 3.63) is 65.8 Å². The van der Waals surface area contributed by atoms with Crippen molar-refractivity contribution in [2.75, 3.05) is 17.3 Å². The van der Waals surface area contributed by atoms with Crippen molar-refractivity contribution in [3.63, 3.8) is 0 Å². The molecular formula is C22H24N4O2S2. The molecule has 3 aromatic rings. The number of nitrogens with zero attached hydrogens (tertiary/aromatic N) is 3. The normalized spacial score (nSPS) is 17.2. The lowest BCUT2D eigenvalue weighted by Crippen LogP contribution is -2.25. The van der Waals surface area contributed by atoms with E-state index in [0.717, 1.165) is 21.5 Å². The highest BCUT2D eigenvalue weighted by Gasteiger charge is 2.38. The second-order valence-electron chi connectivity index (χ2n) is 7.70. The summed E-state index contributed by atoms with van der Waals surface area (Å²) < 4.78 is 6.07. The van der Waals surface area contributed by atoms with E-state index in [9.17, 15) is 4.79 Å². The molecule has 0 bridgehead atoms. The Morgan fingerprint density at radius 3 is 2.83 bits per heavy atom. The number of hydrogen-bond donors (Lipinski definition) is 1. The van der Waals surface area contributed by atoms with Crippen LogP contribution in [0.4, 0.5) is 10.8 Å². The molecule has 1 unspecified atom stereocenters. The monoisotopic (exact) mass is 440 g/mol. The molecule has 156 valence electrons. The Balaban J connectivity index is 1.42. The number of thioether (sulfide) groups is 1. The highest BCUT2D eigenvalue weighted by atomic mass is 32.2. The minimum atomic E-state index is -0.253. The van der Waals surface area contributed by atoms with Crippen molar-refractivity contribution in [1.29, 1.82) is 0 Å². The first kappa shape index (κ1) is 20.7. The van der Waals surface area contributed by atoms with Crippen molar-refractivity contribution in [1.82, 2.24) is 10.2 Å². The van der Waals surface area contributed by atoms with Gasteiger partial charge in [0.2, 0.25) is 5.13 Å². The van der Waals surface area contributed by atoms with Crippen molar-refractivity contribution in [3.8, 4) is 0 Å². The van der Waals surface area contributed by atoms with Crippen molar-refractivity contribution >= 4 is 39.7 Å². The summed E-state index contributed by atoms with van der Waals surface area (Å²) in [5, 5.41) is 12.0. The summed E-state index contributed by atoms with van der Waals surface area (Å²) in [6.45, 7) is 6.79. The molecule has 1 atom stereocenters. The average molecular weight is 441 g/mol. The summed E-state index contributed by atoms with van der Waals surface area (Å²) in [5.41, 5.74) is 3.19. The fraction of sp³-hybridized carbons (Fsp3) is 0.318. The van der Waals surface area contributed by atoms with Gasteiger partial charge in [-0.25, -0.2) is 0 Å². The van der Waals surface area contributed by atoms with Crippen LogP contribution in [0.25, 0.3) is 0 Å². The molecule has 0 aliphatic carbocycles. The zero-order valence-corrected chi connectivity index (χ0v) is 19.0. The average Bonchev–Trinajstić information content (AvgIpc) is 3.44. The largest absolute Gasteiger partial charge is 0.467 e. The van der Waals surface area contributed by atoms with Gasteiger partial charge >= 0.3 is 0 Å². The lowest BCUT2D eigenvalue weighted by atomic mass is 9.83. The van der Waals surface area contributed by atoms with E-state index in [1.807, 2.05) is 38.2 Å². The highest BCUT2D eigenvalue weighted by molar-refractivity contribution is 8.02. The number of furan rings is 1. The Bertz CT molecular complexity index is 1070. The third kappa shape index (κ3) is 4.02. The van der Waals surface area contributed by atoms with Crippen LogP contribution in [-0.2, 0) is 16.8 Å². The maximum Gasteiger partial charge on any atom is 0.206 e. The van der Waals surface area contributed by atoms with E-state index in [4.69, 9.17) is 4.42 Å². The zero-order chi connectivity index (χ0) is 21.3. The highest BCUT2D eigenvalue weighted by Crippen LogP contribution is 2.46. The summed E-state index contributed by atoms with van der Waals surface area (Å²) >= 11 is 2.87. The quantitative estimate of drug-likeness (QED) is 0.405.